The van der Waals surface area contributed by atoms with Gasteiger partial charge in [0.05, 0.1) is 19.7 Å². The molecule has 2 bridgehead atoms. The SMILES string of the molecule is C=C[C@H]1CN2CC[C@H]1C[C@@H]2[C@@H](OC(=O)NCCOC(=O)C(=C)C)C1=CCNc2ccc(OC)cc21. The molecule has 5 rings (SSSR count). The summed E-state index contributed by atoms with van der Waals surface area (Å²) in [5, 5.41) is 6.12. The molecule has 8 nitrogen and oxygen atoms in total. The molecule has 5 atom stereocenters. The Hall–Kier alpha value is -3.26. The summed E-state index contributed by atoms with van der Waals surface area (Å²) >= 11 is 0. The van der Waals surface area contributed by atoms with Crippen LogP contribution in [0, 0.1) is 11.8 Å². The lowest BCUT2D eigenvalue weighted by Crippen LogP contribution is -2.58. The van der Waals surface area contributed by atoms with E-state index in [0.29, 0.717) is 24.0 Å². The fourth-order valence-corrected chi connectivity index (χ4v) is 5.31. The van der Waals surface area contributed by atoms with Gasteiger partial charge in [0.2, 0.25) is 0 Å². The number of benzene rings is 1. The van der Waals surface area contributed by atoms with Gasteiger partial charge in [0, 0.05) is 35.5 Å². The maximum Gasteiger partial charge on any atom is 0.407 e. The first-order chi connectivity index (χ1) is 16.9. The second-order valence-electron chi connectivity index (χ2n) is 9.37. The number of anilines is 1. The third-order valence-electron chi connectivity index (χ3n) is 7.15. The third-order valence-corrected chi connectivity index (χ3v) is 7.15. The number of fused-ring (bicyclic) bond motifs is 4. The van der Waals surface area contributed by atoms with E-state index in [2.05, 4.69) is 40.8 Å². The molecule has 2 N–H and O–H groups in total. The van der Waals surface area contributed by atoms with Gasteiger partial charge in [0.25, 0.3) is 0 Å². The predicted molar refractivity (Wildman–Crippen MR) is 135 cm³/mol. The maximum absolute atomic E-state index is 12.9. The van der Waals surface area contributed by atoms with Crippen LogP contribution in [0.2, 0.25) is 0 Å². The average Bonchev–Trinajstić information content (AvgIpc) is 2.89. The van der Waals surface area contributed by atoms with Crippen molar-refractivity contribution in [3.05, 3.63) is 54.6 Å². The summed E-state index contributed by atoms with van der Waals surface area (Å²) in [6.45, 7) is 11.9. The van der Waals surface area contributed by atoms with E-state index >= 15 is 0 Å². The number of amides is 1. The molecule has 0 spiro atoms. The van der Waals surface area contributed by atoms with Crippen molar-refractivity contribution in [3.63, 3.8) is 0 Å². The van der Waals surface area contributed by atoms with E-state index in [1.54, 1.807) is 14.0 Å². The van der Waals surface area contributed by atoms with Crippen molar-refractivity contribution in [2.75, 3.05) is 45.2 Å². The Labute approximate surface area is 207 Å². The predicted octanol–water partition coefficient (Wildman–Crippen LogP) is 3.61. The zero-order valence-electron chi connectivity index (χ0n) is 20.5. The Bertz CT molecular complexity index is 1020. The van der Waals surface area contributed by atoms with Crippen LogP contribution in [0.3, 0.4) is 0 Å². The molecule has 4 aliphatic heterocycles. The fraction of sp³-hybridized carbons (Fsp3) is 0.481. The topological polar surface area (TPSA) is 89.1 Å². The summed E-state index contributed by atoms with van der Waals surface area (Å²) in [7, 11) is 1.64. The number of rotatable bonds is 9. The van der Waals surface area contributed by atoms with Crippen LogP contribution >= 0.6 is 0 Å². The van der Waals surface area contributed by atoms with Gasteiger partial charge in [-0.1, -0.05) is 18.7 Å². The number of piperidine rings is 3. The van der Waals surface area contributed by atoms with Gasteiger partial charge in [0.15, 0.2) is 0 Å². The van der Waals surface area contributed by atoms with E-state index in [1.807, 2.05) is 18.2 Å². The van der Waals surface area contributed by atoms with Crippen LogP contribution in [-0.4, -0.2) is 69.0 Å². The molecule has 0 aliphatic carbocycles. The van der Waals surface area contributed by atoms with E-state index < -0.39 is 18.2 Å². The molecule has 3 saturated heterocycles. The Morgan fingerprint density at radius 3 is 2.89 bits per heavy atom. The molecule has 4 heterocycles. The second kappa shape index (κ2) is 11.0. The number of hydrogen-bond acceptors (Lipinski definition) is 7. The zero-order chi connectivity index (χ0) is 24.9. The number of carbonyl (C=O) groups excluding carboxylic acids is 2. The van der Waals surface area contributed by atoms with Crippen molar-refractivity contribution in [1.82, 2.24) is 10.2 Å². The molecule has 1 amide bonds. The van der Waals surface area contributed by atoms with Crippen molar-refractivity contribution in [2.24, 2.45) is 11.8 Å². The number of ether oxygens (including phenoxy) is 3. The van der Waals surface area contributed by atoms with Gasteiger partial charge in [0.1, 0.15) is 18.5 Å². The van der Waals surface area contributed by atoms with Gasteiger partial charge in [-0.05, 0) is 56.3 Å². The minimum atomic E-state index is -0.534. The molecule has 0 aromatic heterocycles. The molecule has 1 unspecified atom stereocenters. The molecule has 3 fully saturated rings. The van der Waals surface area contributed by atoms with E-state index in [4.69, 9.17) is 14.2 Å². The molecule has 0 radical (unpaired) electrons. The Balaban J connectivity index is 1.53. The number of hydrogen-bond donors (Lipinski definition) is 2. The largest absolute Gasteiger partial charge is 0.497 e. The molecule has 1 aromatic rings. The average molecular weight is 482 g/mol. The van der Waals surface area contributed by atoms with E-state index in [-0.39, 0.29) is 19.2 Å². The summed E-state index contributed by atoms with van der Waals surface area (Å²) < 4.78 is 16.7. The number of nitrogens with zero attached hydrogens (tertiary/aromatic N) is 1. The molecule has 4 aliphatic rings. The van der Waals surface area contributed by atoms with Crippen molar-refractivity contribution in [3.8, 4) is 5.75 Å². The normalized spacial score (nSPS) is 25.3. The summed E-state index contributed by atoms with van der Waals surface area (Å²) in [5.74, 6) is 1.27. The molecular formula is C27H35N3O5. The van der Waals surface area contributed by atoms with Crippen LogP contribution in [0.1, 0.15) is 25.3 Å². The number of methoxy groups -OCH3 is 1. The first kappa shape index (κ1) is 24.9. The highest BCUT2D eigenvalue weighted by molar-refractivity contribution is 5.87. The van der Waals surface area contributed by atoms with Gasteiger partial charge >= 0.3 is 12.1 Å². The fourth-order valence-electron chi connectivity index (χ4n) is 5.31. The minimum absolute atomic E-state index is 0.0523. The Kier molecular flexibility index (Phi) is 7.80. The van der Waals surface area contributed by atoms with Crippen LogP contribution in [0.15, 0.2) is 49.1 Å². The zero-order valence-corrected chi connectivity index (χ0v) is 20.5. The lowest BCUT2D eigenvalue weighted by molar-refractivity contribution is -0.138. The van der Waals surface area contributed by atoms with Gasteiger partial charge < -0.3 is 24.8 Å². The van der Waals surface area contributed by atoms with Crippen molar-refractivity contribution >= 4 is 23.3 Å². The van der Waals surface area contributed by atoms with Gasteiger partial charge in [-0.2, -0.15) is 0 Å². The highest BCUT2D eigenvalue weighted by Gasteiger charge is 2.45. The van der Waals surface area contributed by atoms with Crippen molar-refractivity contribution in [1.29, 1.82) is 0 Å². The first-order valence-electron chi connectivity index (χ1n) is 12.2. The van der Waals surface area contributed by atoms with Crippen LogP contribution in [0.4, 0.5) is 10.5 Å². The lowest BCUT2D eigenvalue weighted by atomic mass is 9.73. The quantitative estimate of drug-likeness (QED) is 0.241. The van der Waals surface area contributed by atoms with E-state index in [0.717, 1.165) is 48.5 Å². The standard InChI is InChI=1S/C27H35N3O5/c1-5-18-16-30-12-9-19(18)14-24(30)25(35-27(32)29-11-13-34-26(31)17(2)3)21-8-10-28-23-7-6-20(33-4)15-22(21)23/h5-8,15,18-19,24-25,28H,1-2,9-14,16H2,3-4H3,(H,29,32)/t18-,19-,24+,25-/m0/s1. The molecule has 188 valence electrons. The third kappa shape index (κ3) is 5.53. The summed E-state index contributed by atoms with van der Waals surface area (Å²) in [4.78, 5) is 26.9. The number of esters is 1. The molecule has 35 heavy (non-hydrogen) atoms. The van der Waals surface area contributed by atoms with Crippen LogP contribution in [0.5, 0.6) is 5.75 Å². The van der Waals surface area contributed by atoms with Crippen molar-refractivity contribution in [2.45, 2.75) is 31.9 Å². The molecule has 0 saturated carbocycles. The van der Waals surface area contributed by atoms with Gasteiger partial charge in [-0.3, -0.25) is 4.90 Å². The molecule has 1 aromatic carbocycles. The molecular weight excluding hydrogens is 446 g/mol. The van der Waals surface area contributed by atoms with Crippen LogP contribution in [0.25, 0.3) is 5.57 Å². The highest BCUT2D eigenvalue weighted by atomic mass is 16.6. The van der Waals surface area contributed by atoms with Gasteiger partial charge in [-0.25, -0.2) is 9.59 Å². The van der Waals surface area contributed by atoms with Crippen LogP contribution < -0.4 is 15.4 Å². The monoisotopic (exact) mass is 481 g/mol. The Morgan fingerprint density at radius 1 is 1.37 bits per heavy atom. The highest BCUT2D eigenvalue weighted by Crippen LogP contribution is 2.43. The maximum atomic E-state index is 12.9. The lowest BCUT2D eigenvalue weighted by Gasteiger charge is -2.51. The summed E-state index contributed by atoms with van der Waals surface area (Å²) in [5.41, 5.74) is 3.27. The van der Waals surface area contributed by atoms with E-state index in [1.165, 1.54) is 0 Å². The summed E-state index contributed by atoms with van der Waals surface area (Å²) in [6, 6.07) is 5.97. The summed E-state index contributed by atoms with van der Waals surface area (Å²) in [6.07, 6.45) is 5.25. The molecule has 8 heteroatoms. The minimum Gasteiger partial charge on any atom is -0.497 e. The van der Waals surface area contributed by atoms with E-state index in [9.17, 15) is 9.59 Å². The first-order valence-corrected chi connectivity index (χ1v) is 12.2. The van der Waals surface area contributed by atoms with Crippen LogP contribution in [-0.2, 0) is 14.3 Å². The van der Waals surface area contributed by atoms with Crippen molar-refractivity contribution < 1.29 is 23.8 Å². The smallest absolute Gasteiger partial charge is 0.407 e. The Morgan fingerprint density at radius 2 is 2.20 bits per heavy atom. The number of alkyl carbamates (subject to hydrolysis) is 1. The number of carbonyl (C=O) groups is 2. The van der Waals surface area contributed by atoms with Gasteiger partial charge in [-0.15, -0.1) is 6.58 Å². The number of nitrogens with one attached hydrogen (secondary N) is 2. The second-order valence-corrected chi connectivity index (χ2v) is 9.37.